The van der Waals surface area contributed by atoms with Gasteiger partial charge in [0.25, 0.3) is 0 Å². The number of H-pyrrole nitrogens is 1. The van der Waals surface area contributed by atoms with E-state index in [1.165, 1.54) is 12.3 Å². The Morgan fingerprint density at radius 3 is 2.94 bits per heavy atom. The van der Waals surface area contributed by atoms with Crippen LogP contribution < -0.4 is 11.1 Å². The Labute approximate surface area is 95.4 Å². The molecule has 0 aliphatic heterocycles. The number of carboxylic acid groups (broad SMARTS) is 1. The van der Waals surface area contributed by atoms with Crippen LogP contribution in [-0.4, -0.2) is 26.4 Å². The molecule has 0 fully saturated rings. The van der Waals surface area contributed by atoms with E-state index in [-0.39, 0.29) is 10.7 Å². The number of benzene rings is 1. The number of nitrogens with two attached hydrogens (primary N) is 1. The zero-order chi connectivity index (χ0) is 11.7. The van der Waals surface area contributed by atoms with Crippen LogP contribution in [0.1, 0.15) is 10.4 Å². The molecule has 2 aromatic rings. The van der Waals surface area contributed by atoms with Crippen LogP contribution in [0, 0.1) is 0 Å². The molecule has 0 unspecified atom stereocenters. The summed E-state index contributed by atoms with van der Waals surface area (Å²) in [6.07, 6.45) is 1.53. The fourth-order valence-electron chi connectivity index (χ4n) is 1.44. The van der Waals surface area contributed by atoms with Gasteiger partial charge in [0, 0.05) is 11.1 Å². The molecule has 0 spiro atoms. The summed E-state index contributed by atoms with van der Waals surface area (Å²) in [7, 11) is 0. The highest BCUT2D eigenvalue weighted by Gasteiger charge is 2.12. The van der Waals surface area contributed by atoms with E-state index < -0.39 is 5.97 Å². The Bertz CT molecular complexity index is 578. The first-order valence-corrected chi connectivity index (χ1v) is 4.75. The SMILES string of the molecule is NC(=S)Nc1cc(C(=O)O)c2[nH]ncc2c1. The molecule has 5 N–H and O–H groups in total. The number of aromatic nitrogens is 2. The second-order valence-corrected chi connectivity index (χ2v) is 3.59. The molecule has 0 saturated heterocycles. The maximum absolute atomic E-state index is 11.0. The van der Waals surface area contributed by atoms with Gasteiger partial charge in [0.05, 0.1) is 17.3 Å². The fourth-order valence-corrected chi connectivity index (χ4v) is 1.56. The van der Waals surface area contributed by atoms with Gasteiger partial charge < -0.3 is 16.2 Å². The van der Waals surface area contributed by atoms with Crippen molar-refractivity contribution in [1.82, 2.24) is 10.2 Å². The van der Waals surface area contributed by atoms with Gasteiger partial charge in [-0.3, -0.25) is 5.10 Å². The van der Waals surface area contributed by atoms with E-state index in [1.54, 1.807) is 6.07 Å². The zero-order valence-corrected chi connectivity index (χ0v) is 8.84. The van der Waals surface area contributed by atoms with Crippen molar-refractivity contribution in [3.8, 4) is 0 Å². The highest BCUT2D eigenvalue weighted by Crippen LogP contribution is 2.22. The lowest BCUT2D eigenvalue weighted by Crippen LogP contribution is -2.19. The number of rotatable bonds is 2. The van der Waals surface area contributed by atoms with Crippen molar-refractivity contribution in [1.29, 1.82) is 0 Å². The highest BCUT2D eigenvalue weighted by molar-refractivity contribution is 7.80. The minimum absolute atomic E-state index is 0.0826. The van der Waals surface area contributed by atoms with Crippen LogP contribution in [0.15, 0.2) is 18.3 Å². The number of nitrogens with one attached hydrogen (secondary N) is 2. The summed E-state index contributed by atoms with van der Waals surface area (Å²) >= 11 is 4.68. The first-order valence-electron chi connectivity index (χ1n) is 4.35. The second-order valence-electron chi connectivity index (χ2n) is 3.15. The Morgan fingerprint density at radius 2 is 2.31 bits per heavy atom. The molecule has 0 aliphatic carbocycles. The normalized spacial score (nSPS) is 10.2. The molecular formula is C9H8N4O2S. The second kappa shape index (κ2) is 3.78. The number of aromatic amines is 1. The lowest BCUT2D eigenvalue weighted by atomic mass is 10.1. The third-order valence-electron chi connectivity index (χ3n) is 2.05. The Morgan fingerprint density at radius 1 is 1.56 bits per heavy atom. The van der Waals surface area contributed by atoms with Crippen LogP contribution in [0.3, 0.4) is 0 Å². The molecule has 1 aromatic carbocycles. The minimum atomic E-state index is -1.04. The van der Waals surface area contributed by atoms with Gasteiger partial charge in [0.15, 0.2) is 5.11 Å². The lowest BCUT2D eigenvalue weighted by Gasteiger charge is -2.05. The third-order valence-corrected chi connectivity index (χ3v) is 2.15. The third kappa shape index (κ3) is 1.80. The topological polar surface area (TPSA) is 104 Å². The Kier molecular flexibility index (Phi) is 2.45. The van der Waals surface area contributed by atoms with E-state index in [9.17, 15) is 4.79 Å². The molecule has 6 nitrogen and oxygen atoms in total. The molecule has 0 atom stereocenters. The van der Waals surface area contributed by atoms with Gasteiger partial charge in [-0.1, -0.05) is 0 Å². The van der Waals surface area contributed by atoms with Crippen molar-refractivity contribution >= 4 is 39.9 Å². The van der Waals surface area contributed by atoms with Crippen LogP contribution in [0.2, 0.25) is 0 Å². The van der Waals surface area contributed by atoms with E-state index >= 15 is 0 Å². The molecule has 7 heteroatoms. The van der Waals surface area contributed by atoms with E-state index in [0.717, 1.165) is 0 Å². The molecule has 0 saturated carbocycles. The fraction of sp³-hybridized carbons (Fsp3) is 0. The summed E-state index contributed by atoms with van der Waals surface area (Å²) < 4.78 is 0. The molecule has 0 bridgehead atoms. The molecular weight excluding hydrogens is 228 g/mol. The van der Waals surface area contributed by atoms with Gasteiger partial charge in [0.1, 0.15) is 0 Å². The average Bonchev–Trinajstić information content (AvgIpc) is 2.62. The molecule has 0 amide bonds. The van der Waals surface area contributed by atoms with Crippen LogP contribution >= 0.6 is 12.2 Å². The van der Waals surface area contributed by atoms with E-state index in [1.807, 2.05) is 0 Å². The summed E-state index contributed by atoms with van der Waals surface area (Å²) in [4.78, 5) is 11.0. The molecule has 1 heterocycles. The molecule has 16 heavy (non-hydrogen) atoms. The van der Waals surface area contributed by atoms with Crippen LogP contribution in [-0.2, 0) is 0 Å². The highest BCUT2D eigenvalue weighted by atomic mass is 32.1. The van der Waals surface area contributed by atoms with Crippen LogP contribution in [0.4, 0.5) is 5.69 Å². The molecule has 1 aromatic heterocycles. The number of thiocarbonyl (C=S) groups is 1. The monoisotopic (exact) mass is 236 g/mol. The smallest absolute Gasteiger partial charge is 0.337 e. The van der Waals surface area contributed by atoms with E-state index in [0.29, 0.717) is 16.6 Å². The lowest BCUT2D eigenvalue weighted by molar-refractivity contribution is 0.0699. The van der Waals surface area contributed by atoms with Crippen LogP contribution in [0.5, 0.6) is 0 Å². The number of fused-ring (bicyclic) bond motifs is 1. The number of carboxylic acids is 1. The molecule has 0 aliphatic rings. The Balaban J connectivity index is 2.61. The van der Waals surface area contributed by atoms with Gasteiger partial charge in [0.2, 0.25) is 0 Å². The number of nitrogens with zero attached hydrogens (tertiary/aromatic N) is 1. The largest absolute Gasteiger partial charge is 0.478 e. The van der Waals surface area contributed by atoms with Crippen molar-refractivity contribution in [2.75, 3.05) is 5.32 Å². The number of carbonyl (C=O) groups is 1. The van der Waals surface area contributed by atoms with Gasteiger partial charge >= 0.3 is 5.97 Å². The van der Waals surface area contributed by atoms with E-state index in [4.69, 9.17) is 10.8 Å². The predicted octanol–water partition coefficient (Wildman–Crippen LogP) is 0.917. The van der Waals surface area contributed by atoms with Crippen molar-refractivity contribution in [2.45, 2.75) is 0 Å². The summed E-state index contributed by atoms with van der Waals surface area (Å²) in [5.41, 5.74) is 6.44. The van der Waals surface area contributed by atoms with Gasteiger partial charge in [-0.05, 0) is 24.4 Å². The first kappa shape index (κ1) is 10.4. The summed E-state index contributed by atoms with van der Waals surface area (Å²) in [6, 6.07) is 3.16. The number of anilines is 1. The van der Waals surface area contributed by atoms with Crippen LogP contribution in [0.25, 0.3) is 10.9 Å². The van der Waals surface area contributed by atoms with E-state index in [2.05, 4.69) is 27.7 Å². The summed E-state index contributed by atoms with van der Waals surface area (Å²) in [5, 5.41) is 18.9. The minimum Gasteiger partial charge on any atom is -0.478 e. The standard InChI is InChI=1S/C9H8N4O2S/c10-9(16)12-5-1-4-3-11-13-7(4)6(2-5)8(14)15/h1-3H,(H,11,13)(H,14,15)(H3,10,12,16). The molecule has 0 radical (unpaired) electrons. The molecule has 82 valence electrons. The van der Waals surface area contributed by atoms with Gasteiger partial charge in [-0.15, -0.1) is 0 Å². The average molecular weight is 236 g/mol. The summed E-state index contributed by atoms with van der Waals surface area (Å²) in [6.45, 7) is 0. The number of aromatic carboxylic acids is 1. The maximum atomic E-state index is 11.0. The van der Waals surface area contributed by atoms with Crippen molar-refractivity contribution in [3.63, 3.8) is 0 Å². The van der Waals surface area contributed by atoms with Crippen molar-refractivity contribution in [3.05, 3.63) is 23.9 Å². The molecule has 2 rings (SSSR count). The maximum Gasteiger partial charge on any atom is 0.337 e. The number of hydrogen-bond donors (Lipinski definition) is 4. The van der Waals surface area contributed by atoms with Gasteiger partial charge in [-0.25, -0.2) is 4.79 Å². The predicted molar refractivity (Wildman–Crippen MR) is 63.5 cm³/mol. The zero-order valence-electron chi connectivity index (χ0n) is 8.02. The summed E-state index contributed by atoms with van der Waals surface area (Å²) in [5.74, 6) is -1.04. The Hall–Kier alpha value is -2.15. The number of hydrogen-bond acceptors (Lipinski definition) is 3. The first-order chi connectivity index (χ1) is 7.58. The van der Waals surface area contributed by atoms with Gasteiger partial charge in [-0.2, -0.15) is 5.10 Å². The quantitative estimate of drug-likeness (QED) is 0.578. The van der Waals surface area contributed by atoms with Crippen molar-refractivity contribution in [2.24, 2.45) is 5.73 Å². The van der Waals surface area contributed by atoms with Crippen molar-refractivity contribution < 1.29 is 9.90 Å².